The molecule has 0 amide bonds. The van der Waals surface area contributed by atoms with Gasteiger partial charge in [0.05, 0.1) is 20.3 Å². The summed E-state index contributed by atoms with van der Waals surface area (Å²) in [5.74, 6) is 0.0981. The maximum Gasteiger partial charge on any atom is 0.351 e. The summed E-state index contributed by atoms with van der Waals surface area (Å²) in [6.07, 6.45) is 2.56. The Hall–Kier alpha value is -2.70. The Bertz CT molecular complexity index is 858. The average molecular weight is 342 g/mol. The van der Waals surface area contributed by atoms with Crippen molar-refractivity contribution >= 4 is 11.9 Å². The van der Waals surface area contributed by atoms with Crippen LogP contribution in [0.25, 0.3) is 6.08 Å². The number of ketones is 1. The molecule has 0 unspecified atom stereocenters. The summed E-state index contributed by atoms with van der Waals surface area (Å²) in [6.45, 7) is 2.74. The minimum Gasteiger partial charge on any atom is -0.496 e. The van der Waals surface area contributed by atoms with Crippen molar-refractivity contribution in [2.45, 2.75) is 13.2 Å². The van der Waals surface area contributed by atoms with Crippen LogP contribution in [0.15, 0.2) is 45.6 Å². The van der Waals surface area contributed by atoms with Crippen LogP contribution in [0.4, 0.5) is 0 Å². The van der Waals surface area contributed by atoms with E-state index in [1.807, 2.05) is 24.3 Å². The second kappa shape index (κ2) is 7.46. The van der Waals surface area contributed by atoms with E-state index in [4.69, 9.17) is 18.6 Å². The number of methoxy groups -OCH3 is 1. The van der Waals surface area contributed by atoms with Gasteiger partial charge in [-0.3, -0.25) is 4.79 Å². The number of hydrogen-bond acceptors (Lipinski definition) is 6. The van der Waals surface area contributed by atoms with Crippen molar-refractivity contribution in [3.63, 3.8) is 0 Å². The Kier molecular flexibility index (Phi) is 5.11. The number of carbonyl (C=O) groups is 1. The van der Waals surface area contributed by atoms with Crippen LogP contribution in [0.5, 0.6) is 5.75 Å². The molecule has 130 valence electrons. The van der Waals surface area contributed by atoms with Gasteiger partial charge in [-0.1, -0.05) is 24.3 Å². The lowest BCUT2D eigenvalue weighted by Gasteiger charge is -2.09. The highest BCUT2D eigenvalue weighted by atomic mass is 16.7. The largest absolute Gasteiger partial charge is 0.496 e. The molecule has 2 aromatic rings. The fourth-order valence-corrected chi connectivity index (χ4v) is 2.58. The molecular weight excluding hydrogens is 324 g/mol. The molecule has 1 aliphatic rings. The number of rotatable bonds is 5. The third-order valence-corrected chi connectivity index (χ3v) is 3.74. The van der Waals surface area contributed by atoms with Crippen LogP contribution in [0.2, 0.25) is 0 Å². The van der Waals surface area contributed by atoms with Crippen molar-refractivity contribution in [2.24, 2.45) is 0 Å². The average Bonchev–Trinajstić information content (AvgIpc) is 3.14. The number of allylic oxidation sites excluding steroid dienone is 1. The maximum atomic E-state index is 12.4. The molecule has 1 aromatic heterocycles. The summed E-state index contributed by atoms with van der Waals surface area (Å²) in [4.78, 5) is 24.4. The summed E-state index contributed by atoms with van der Waals surface area (Å²) in [5.41, 5.74) is 0.830. The molecule has 0 N–H and O–H groups in total. The van der Waals surface area contributed by atoms with E-state index in [-0.39, 0.29) is 17.6 Å². The lowest BCUT2D eigenvalue weighted by atomic mass is 10.1. The predicted molar refractivity (Wildman–Crippen MR) is 90.7 cm³/mol. The zero-order chi connectivity index (χ0) is 17.8. The molecule has 2 heterocycles. The highest BCUT2D eigenvalue weighted by Gasteiger charge is 2.19. The first-order chi connectivity index (χ1) is 12.1. The molecule has 0 bridgehead atoms. The molecule has 25 heavy (non-hydrogen) atoms. The number of aryl methyl sites for hydroxylation is 1. The van der Waals surface area contributed by atoms with Crippen LogP contribution in [-0.4, -0.2) is 26.1 Å². The van der Waals surface area contributed by atoms with Crippen LogP contribution in [0, 0.1) is 6.92 Å². The van der Waals surface area contributed by atoms with E-state index in [0.29, 0.717) is 19.0 Å². The first kappa shape index (κ1) is 17.1. The van der Waals surface area contributed by atoms with Crippen molar-refractivity contribution in [3.05, 3.63) is 69.3 Å². The van der Waals surface area contributed by atoms with Gasteiger partial charge in [-0.15, -0.1) is 0 Å². The van der Waals surface area contributed by atoms with Crippen molar-refractivity contribution < 1.29 is 23.4 Å². The summed E-state index contributed by atoms with van der Waals surface area (Å²) in [6, 6.07) is 8.97. The number of carbonyl (C=O) groups excluding carboxylic acids is 1. The van der Waals surface area contributed by atoms with Gasteiger partial charge in [-0.25, -0.2) is 4.79 Å². The molecule has 1 fully saturated rings. The van der Waals surface area contributed by atoms with Crippen molar-refractivity contribution in [1.29, 1.82) is 0 Å². The molecule has 0 radical (unpaired) electrons. The summed E-state index contributed by atoms with van der Waals surface area (Å²) in [5, 5.41) is 0. The summed E-state index contributed by atoms with van der Waals surface area (Å²) in [7, 11) is 1.40. The predicted octanol–water partition coefficient (Wildman–Crippen LogP) is 2.90. The van der Waals surface area contributed by atoms with Gasteiger partial charge in [-0.05, 0) is 24.6 Å². The Labute approximate surface area is 144 Å². The monoisotopic (exact) mass is 342 g/mol. The van der Waals surface area contributed by atoms with E-state index in [2.05, 4.69) is 0 Å². The number of ether oxygens (including phenoxy) is 3. The quantitative estimate of drug-likeness (QED) is 0.614. The third kappa shape index (κ3) is 3.87. The van der Waals surface area contributed by atoms with Crippen molar-refractivity contribution in [3.8, 4) is 5.75 Å². The molecule has 1 aromatic carbocycles. The number of hydrogen-bond donors (Lipinski definition) is 0. The Morgan fingerprint density at radius 1 is 1.24 bits per heavy atom. The second-order valence-corrected chi connectivity index (χ2v) is 5.53. The highest BCUT2D eigenvalue weighted by molar-refractivity contribution is 6.08. The topological polar surface area (TPSA) is 75.0 Å². The van der Waals surface area contributed by atoms with Crippen LogP contribution in [0.3, 0.4) is 0 Å². The SMILES string of the molecule is COc1cc(C)oc(=O)c1C(=O)C=Cc1cccc(C2OCCO2)c1. The van der Waals surface area contributed by atoms with E-state index in [0.717, 1.165) is 11.1 Å². The molecule has 0 atom stereocenters. The van der Waals surface area contributed by atoms with Gasteiger partial charge in [0.1, 0.15) is 17.1 Å². The van der Waals surface area contributed by atoms with E-state index in [9.17, 15) is 9.59 Å². The van der Waals surface area contributed by atoms with Gasteiger partial charge in [0, 0.05) is 11.6 Å². The van der Waals surface area contributed by atoms with Gasteiger partial charge in [0.25, 0.3) is 0 Å². The van der Waals surface area contributed by atoms with Gasteiger partial charge < -0.3 is 18.6 Å². The first-order valence-corrected chi connectivity index (χ1v) is 7.83. The van der Waals surface area contributed by atoms with E-state index < -0.39 is 11.4 Å². The lowest BCUT2D eigenvalue weighted by Crippen LogP contribution is -2.14. The fraction of sp³-hybridized carbons (Fsp3) is 0.263. The smallest absolute Gasteiger partial charge is 0.351 e. The standard InChI is InChI=1S/C19H18O6/c1-12-10-16(22-2)17(18(21)25-12)15(20)7-6-13-4-3-5-14(11-13)19-23-8-9-24-19/h3-7,10-11,19H,8-9H2,1-2H3. The second-order valence-electron chi connectivity index (χ2n) is 5.53. The maximum absolute atomic E-state index is 12.4. The molecule has 0 spiro atoms. The lowest BCUT2D eigenvalue weighted by molar-refractivity contribution is -0.0441. The van der Waals surface area contributed by atoms with Crippen molar-refractivity contribution in [1.82, 2.24) is 0 Å². The molecule has 3 rings (SSSR count). The minimum atomic E-state index is -0.715. The van der Waals surface area contributed by atoms with Gasteiger partial charge in [-0.2, -0.15) is 0 Å². The molecule has 0 aliphatic carbocycles. The summed E-state index contributed by atoms with van der Waals surface area (Å²) >= 11 is 0. The van der Waals surface area contributed by atoms with Gasteiger partial charge in [0.2, 0.25) is 0 Å². The molecule has 0 saturated carbocycles. The Morgan fingerprint density at radius 2 is 2.00 bits per heavy atom. The summed E-state index contributed by atoms with van der Waals surface area (Å²) < 4.78 is 21.0. The highest BCUT2D eigenvalue weighted by Crippen LogP contribution is 2.24. The first-order valence-electron chi connectivity index (χ1n) is 7.83. The van der Waals surface area contributed by atoms with E-state index in [1.165, 1.54) is 19.3 Å². The molecule has 6 heteroatoms. The number of benzene rings is 1. The van der Waals surface area contributed by atoms with Crippen LogP contribution in [0.1, 0.15) is 33.5 Å². The van der Waals surface area contributed by atoms with Crippen LogP contribution < -0.4 is 10.4 Å². The van der Waals surface area contributed by atoms with E-state index >= 15 is 0 Å². The Balaban J connectivity index is 1.84. The Morgan fingerprint density at radius 3 is 2.72 bits per heavy atom. The molecule has 1 aliphatic heterocycles. The fourth-order valence-electron chi connectivity index (χ4n) is 2.58. The normalized spacial score (nSPS) is 15.0. The van der Waals surface area contributed by atoms with Crippen LogP contribution in [-0.2, 0) is 9.47 Å². The zero-order valence-electron chi connectivity index (χ0n) is 14.0. The molecular formula is C19H18O6. The third-order valence-electron chi connectivity index (χ3n) is 3.74. The zero-order valence-corrected chi connectivity index (χ0v) is 14.0. The van der Waals surface area contributed by atoms with E-state index in [1.54, 1.807) is 13.0 Å². The van der Waals surface area contributed by atoms with Crippen molar-refractivity contribution in [2.75, 3.05) is 20.3 Å². The minimum absolute atomic E-state index is 0.122. The van der Waals surface area contributed by atoms with Gasteiger partial charge >= 0.3 is 5.63 Å². The molecule has 6 nitrogen and oxygen atoms in total. The van der Waals surface area contributed by atoms with Gasteiger partial charge in [0.15, 0.2) is 12.1 Å². The molecule has 1 saturated heterocycles. The van der Waals surface area contributed by atoms with Crippen LogP contribution >= 0.6 is 0 Å².